The average Bonchev–Trinajstić information content (AvgIpc) is 3.46. The van der Waals surface area contributed by atoms with Crippen LogP contribution in [-0.4, -0.2) is 50.7 Å². The lowest BCUT2D eigenvalue weighted by atomic mass is 10.1. The SMILES string of the molecule is COc1cc(O[C@H](C)C2CCCN2)ccc1Nc1ncc(Cl)c(Nc2ccccc2S(=O)(=O)NCC(C)C)n1. The molecule has 0 saturated carbocycles. The van der Waals surface area contributed by atoms with E-state index in [2.05, 4.69) is 37.6 Å². The maximum absolute atomic E-state index is 12.9. The Morgan fingerprint density at radius 3 is 2.64 bits per heavy atom. The molecule has 2 heterocycles. The molecule has 1 aliphatic rings. The maximum Gasteiger partial charge on any atom is 0.242 e. The van der Waals surface area contributed by atoms with Crippen molar-refractivity contribution in [3.8, 4) is 11.5 Å². The van der Waals surface area contributed by atoms with Crippen molar-refractivity contribution in [2.24, 2.45) is 5.92 Å². The predicted molar refractivity (Wildman–Crippen MR) is 154 cm³/mol. The number of aromatic nitrogens is 2. The Morgan fingerprint density at radius 1 is 1.13 bits per heavy atom. The van der Waals surface area contributed by atoms with Crippen molar-refractivity contribution in [3.63, 3.8) is 0 Å². The molecule has 1 unspecified atom stereocenters. The third-order valence-corrected chi connectivity index (χ3v) is 8.02. The minimum Gasteiger partial charge on any atom is -0.494 e. The van der Waals surface area contributed by atoms with E-state index in [1.165, 1.54) is 12.3 Å². The van der Waals surface area contributed by atoms with Gasteiger partial charge in [-0.3, -0.25) is 0 Å². The first kappa shape index (κ1) is 28.9. The zero-order chi connectivity index (χ0) is 28.0. The Balaban J connectivity index is 1.52. The number of sulfonamides is 1. The Bertz CT molecular complexity index is 1380. The molecule has 2 atom stereocenters. The van der Waals surface area contributed by atoms with Crippen LogP contribution < -0.4 is 30.1 Å². The number of nitrogens with one attached hydrogen (secondary N) is 4. The van der Waals surface area contributed by atoms with Gasteiger partial charge in [0, 0.05) is 18.7 Å². The van der Waals surface area contributed by atoms with E-state index in [1.54, 1.807) is 25.3 Å². The molecular weight excluding hydrogens is 540 g/mol. The van der Waals surface area contributed by atoms with E-state index < -0.39 is 10.0 Å². The van der Waals surface area contributed by atoms with E-state index in [-0.39, 0.29) is 33.7 Å². The molecule has 1 aromatic heterocycles. The summed E-state index contributed by atoms with van der Waals surface area (Å²) in [4.78, 5) is 8.85. The highest BCUT2D eigenvalue weighted by Gasteiger charge is 2.23. The molecule has 4 N–H and O–H groups in total. The highest BCUT2D eigenvalue weighted by molar-refractivity contribution is 7.89. The summed E-state index contributed by atoms with van der Waals surface area (Å²) in [5.41, 5.74) is 0.968. The van der Waals surface area contributed by atoms with Gasteiger partial charge < -0.3 is 25.4 Å². The third kappa shape index (κ3) is 7.51. The molecule has 1 aliphatic heterocycles. The fourth-order valence-electron chi connectivity index (χ4n) is 4.18. The van der Waals surface area contributed by atoms with Gasteiger partial charge >= 0.3 is 0 Å². The monoisotopic (exact) mass is 574 g/mol. The largest absolute Gasteiger partial charge is 0.494 e. The van der Waals surface area contributed by atoms with Gasteiger partial charge in [-0.1, -0.05) is 37.6 Å². The Hall–Kier alpha value is -3.12. The average molecular weight is 575 g/mol. The molecule has 12 heteroatoms. The second kappa shape index (κ2) is 12.8. The summed E-state index contributed by atoms with van der Waals surface area (Å²) in [6.07, 6.45) is 3.70. The van der Waals surface area contributed by atoms with Crippen molar-refractivity contribution in [1.29, 1.82) is 0 Å². The first-order valence-electron chi connectivity index (χ1n) is 12.9. The van der Waals surface area contributed by atoms with Gasteiger partial charge in [-0.2, -0.15) is 4.98 Å². The van der Waals surface area contributed by atoms with Crippen molar-refractivity contribution in [1.82, 2.24) is 20.0 Å². The molecule has 0 radical (unpaired) electrons. The van der Waals surface area contributed by atoms with Crippen LogP contribution >= 0.6 is 11.6 Å². The highest BCUT2D eigenvalue weighted by atomic mass is 35.5. The molecule has 0 spiro atoms. The Kier molecular flexibility index (Phi) is 9.49. The minimum atomic E-state index is -3.75. The van der Waals surface area contributed by atoms with Crippen molar-refractivity contribution in [3.05, 3.63) is 53.7 Å². The van der Waals surface area contributed by atoms with Crippen LogP contribution in [0.25, 0.3) is 0 Å². The van der Waals surface area contributed by atoms with Crippen molar-refractivity contribution in [2.45, 2.75) is 50.7 Å². The molecule has 0 amide bonds. The summed E-state index contributed by atoms with van der Waals surface area (Å²) >= 11 is 6.37. The Labute approximate surface area is 234 Å². The number of para-hydroxylation sites is 1. The van der Waals surface area contributed by atoms with Crippen molar-refractivity contribution < 1.29 is 17.9 Å². The predicted octanol–water partition coefficient (Wildman–Crippen LogP) is 5.08. The lowest BCUT2D eigenvalue weighted by Crippen LogP contribution is -2.36. The first-order chi connectivity index (χ1) is 18.7. The van der Waals surface area contributed by atoms with Crippen molar-refractivity contribution >= 4 is 44.8 Å². The van der Waals surface area contributed by atoms with Crippen LogP contribution in [0, 0.1) is 5.92 Å². The van der Waals surface area contributed by atoms with Crippen molar-refractivity contribution in [2.75, 3.05) is 30.8 Å². The van der Waals surface area contributed by atoms with Crippen LogP contribution in [0.5, 0.6) is 11.5 Å². The van der Waals surface area contributed by atoms with Gasteiger partial charge in [0.2, 0.25) is 16.0 Å². The van der Waals surface area contributed by atoms with Crippen LogP contribution in [0.4, 0.5) is 23.1 Å². The second-order valence-corrected chi connectivity index (χ2v) is 11.9. The Morgan fingerprint density at radius 2 is 1.92 bits per heavy atom. The smallest absolute Gasteiger partial charge is 0.242 e. The number of hydrogen-bond acceptors (Lipinski definition) is 9. The van der Waals surface area contributed by atoms with Crippen LogP contribution in [-0.2, 0) is 10.0 Å². The van der Waals surface area contributed by atoms with Crippen LogP contribution in [0.15, 0.2) is 53.6 Å². The number of ether oxygens (including phenoxy) is 2. The standard InChI is InChI=1S/C27H35ClN6O4S/c1-17(2)15-31-39(35,36)25-10-6-5-8-23(25)32-26-20(28)16-30-27(34-26)33-22-12-11-19(14-24(22)37-4)38-18(3)21-9-7-13-29-21/h5-6,8,10-12,14,16-18,21,29,31H,7,9,13,15H2,1-4H3,(H2,30,32,33,34)/t18-,21?/m1/s1. The molecule has 0 bridgehead atoms. The first-order valence-corrected chi connectivity index (χ1v) is 14.8. The van der Waals surface area contributed by atoms with Gasteiger partial charge in [-0.25, -0.2) is 18.1 Å². The zero-order valence-corrected chi connectivity index (χ0v) is 24.1. The van der Waals surface area contributed by atoms with Gasteiger partial charge in [-0.15, -0.1) is 0 Å². The number of anilines is 4. The van der Waals surface area contributed by atoms with Gasteiger partial charge in [0.25, 0.3) is 0 Å². The summed E-state index contributed by atoms with van der Waals surface area (Å²) in [6, 6.07) is 12.4. The van der Waals surface area contributed by atoms with E-state index >= 15 is 0 Å². The number of hydrogen-bond donors (Lipinski definition) is 4. The fraction of sp³-hybridized carbons (Fsp3) is 0.407. The van der Waals surface area contributed by atoms with E-state index in [9.17, 15) is 8.42 Å². The molecule has 1 saturated heterocycles. The topological polar surface area (TPSA) is 126 Å². The molecule has 2 aromatic carbocycles. The molecule has 1 fully saturated rings. The number of nitrogens with zero attached hydrogens (tertiary/aromatic N) is 2. The molecule has 3 aromatic rings. The number of halogens is 1. The summed E-state index contributed by atoms with van der Waals surface area (Å²) in [7, 11) is -2.18. The molecule has 4 rings (SSSR count). The highest BCUT2D eigenvalue weighted by Crippen LogP contribution is 2.33. The van der Waals surface area contributed by atoms with Gasteiger partial charge in [-0.05, 0) is 56.5 Å². The maximum atomic E-state index is 12.9. The van der Waals surface area contributed by atoms with Gasteiger partial charge in [0.05, 0.1) is 24.7 Å². The number of rotatable bonds is 12. The molecular formula is C27H35ClN6O4S. The molecule has 39 heavy (non-hydrogen) atoms. The van der Waals surface area contributed by atoms with Crippen LogP contribution in [0.1, 0.15) is 33.6 Å². The van der Waals surface area contributed by atoms with E-state index in [0.717, 1.165) is 19.4 Å². The minimum absolute atomic E-state index is 0.0245. The summed E-state index contributed by atoms with van der Waals surface area (Å²) < 4.78 is 40.2. The summed E-state index contributed by atoms with van der Waals surface area (Å²) in [5.74, 6) is 1.91. The second-order valence-electron chi connectivity index (χ2n) is 9.77. The van der Waals surface area contributed by atoms with E-state index in [4.69, 9.17) is 21.1 Å². The molecule has 0 aliphatic carbocycles. The van der Waals surface area contributed by atoms with E-state index in [0.29, 0.717) is 35.5 Å². The van der Waals surface area contributed by atoms with Crippen LogP contribution in [0.2, 0.25) is 5.02 Å². The summed E-state index contributed by atoms with van der Waals surface area (Å²) in [5, 5.41) is 9.88. The number of benzene rings is 2. The summed E-state index contributed by atoms with van der Waals surface area (Å²) in [6.45, 7) is 7.26. The van der Waals surface area contributed by atoms with Crippen LogP contribution in [0.3, 0.4) is 0 Å². The van der Waals surface area contributed by atoms with Gasteiger partial charge in [0.15, 0.2) is 5.82 Å². The van der Waals surface area contributed by atoms with E-state index in [1.807, 2.05) is 32.0 Å². The fourth-order valence-corrected chi connectivity index (χ4v) is 5.69. The van der Waals surface area contributed by atoms with Gasteiger partial charge in [0.1, 0.15) is 27.5 Å². The quantitative estimate of drug-likeness (QED) is 0.234. The molecule has 10 nitrogen and oxygen atoms in total. The molecule has 210 valence electrons. The lowest BCUT2D eigenvalue weighted by molar-refractivity contribution is 0.179. The number of methoxy groups -OCH3 is 1. The third-order valence-electron chi connectivity index (χ3n) is 6.26. The lowest BCUT2D eigenvalue weighted by Gasteiger charge is -2.22. The normalized spacial score (nSPS) is 16.2. The zero-order valence-electron chi connectivity index (χ0n) is 22.5.